The second-order valence-corrected chi connectivity index (χ2v) is 6.40. The van der Waals surface area contributed by atoms with Crippen LogP contribution in [0.25, 0.3) is 11.2 Å². The zero-order valence-electron chi connectivity index (χ0n) is 14.8. The van der Waals surface area contributed by atoms with Gasteiger partial charge in [0.2, 0.25) is 0 Å². The maximum atomic E-state index is 12.6. The summed E-state index contributed by atoms with van der Waals surface area (Å²) < 4.78 is 4.40. The number of benzene rings is 1. The summed E-state index contributed by atoms with van der Waals surface area (Å²) in [5.74, 6) is 0. The summed E-state index contributed by atoms with van der Waals surface area (Å²) in [5.41, 5.74) is 1.54. The first-order chi connectivity index (χ1) is 12.0. The van der Waals surface area contributed by atoms with Crippen LogP contribution < -0.4 is 11.2 Å². The number of fused-ring (bicyclic) bond motifs is 1. The van der Waals surface area contributed by atoms with Gasteiger partial charge in [0.15, 0.2) is 11.2 Å². The Morgan fingerprint density at radius 1 is 1.12 bits per heavy atom. The molecule has 2 aromatic heterocycles. The van der Waals surface area contributed by atoms with Gasteiger partial charge in [0.05, 0.1) is 6.33 Å². The molecule has 0 fully saturated rings. The number of imidazole rings is 1. The largest absolute Gasteiger partial charge is 0.332 e. The van der Waals surface area contributed by atoms with Crippen LogP contribution in [-0.4, -0.2) is 37.2 Å². The van der Waals surface area contributed by atoms with Crippen LogP contribution in [0.15, 0.2) is 46.2 Å². The minimum absolute atomic E-state index is 0.274. The van der Waals surface area contributed by atoms with E-state index in [4.69, 9.17) is 0 Å². The van der Waals surface area contributed by atoms with E-state index < -0.39 is 0 Å². The fourth-order valence-corrected chi connectivity index (χ4v) is 3.07. The lowest BCUT2D eigenvalue weighted by Gasteiger charge is -2.17. The highest BCUT2D eigenvalue weighted by atomic mass is 16.2. The predicted molar refractivity (Wildman–Crippen MR) is 97.6 cm³/mol. The molecule has 1 aromatic carbocycles. The van der Waals surface area contributed by atoms with Gasteiger partial charge in [0, 0.05) is 27.2 Å². The molecule has 25 heavy (non-hydrogen) atoms. The lowest BCUT2D eigenvalue weighted by molar-refractivity contribution is 0.312. The molecular weight excluding hydrogens is 318 g/mol. The van der Waals surface area contributed by atoms with E-state index >= 15 is 0 Å². The van der Waals surface area contributed by atoms with Crippen LogP contribution in [0.5, 0.6) is 0 Å². The van der Waals surface area contributed by atoms with Crippen molar-refractivity contribution in [2.45, 2.75) is 19.5 Å². The van der Waals surface area contributed by atoms with Crippen molar-refractivity contribution in [3.8, 4) is 0 Å². The van der Waals surface area contributed by atoms with Crippen molar-refractivity contribution in [2.24, 2.45) is 14.1 Å². The van der Waals surface area contributed by atoms with Crippen molar-refractivity contribution in [1.29, 1.82) is 0 Å². The summed E-state index contributed by atoms with van der Waals surface area (Å²) in [4.78, 5) is 31.4. The van der Waals surface area contributed by atoms with E-state index in [2.05, 4.69) is 22.0 Å². The number of aromatic nitrogens is 4. The molecule has 0 atom stereocenters. The summed E-state index contributed by atoms with van der Waals surface area (Å²) in [6, 6.07) is 10.2. The minimum atomic E-state index is -0.318. The molecule has 3 aromatic rings. The minimum Gasteiger partial charge on any atom is -0.328 e. The van der Waals surface area contributed by atoms with E-state index in [0.29, 0.717) is 17.7 Å². The van der Waals surface area contributed by atoms with E-state index in [9.17, 15) is 9.59 Å². The second kappa shape index (κ2) is 7.06. The van der Waals surface area contributed by atoms with Gasteiger partial charge in [-0.15, -0.1) is 0 Å². The van der Waals surface area contributed by atoms with Gasteiger partial charge >= 0.3 is 5.69 Å². The molecule has 0 saturated heterocycles. The van der Waals surface area contributed by atoms with Gasteiger partial charge in [-0.1, -0.05) is 30.3 Å². The summed E-state index contributed by atoms with van der Waals surface area (Å²) in [5, 5.41) is 0. The molecule has 0 amide bonds. The van der Waals surface area contributed by atoms with Crippen LogP contribution in [0, 0.1) is 0 Å². The Kier molecular flexibility index (Phi) is 4.85. The quantitative estimate of drug-likeness (QED) is 0.670. The highest BCUT2D eigenvalue weighted by Crippen LogP contribution is 2.05. The van der Waals surface area contributed by atoms with Crippen molar-refractivity contribution >= 4 is 11.2 Å². The Labute approximate surface area is 145 Å². The lowest BCUT2D eigenvalue weighted by atomic mass is 10.2. The van der Waals surface area contributed by atoms with Crippen LogP contribution in [-0.2, 0) is 27.2 Å². The fourth-order valence-electron chi connectivity index (χ4n) is 3.07. The van der Waals surface area contributed by atoms with Crippen molar-refractivity contribution in [3.05, 3.63) is 63.1 Å². The molecule has 0 bridgehead atoms. The zero-order valence-corrected chi connectivity index (χ0v) is 14.8. The van der Waals surface area contributed by atoms with Gasteiger partial charge in [0.25, 0.3) is 5.56 Å². The molecule has 0 N–H and O–H groups in total. The molecule has 0 aliphatic heterocycles. The van der Waals surface area contributed by atoms with Gasteiger partial charge < -0.3 is 9.47 Å². The standard InChI is InChI=1S/C18H23N5O2/c1-20(12-14-8-5-4-6-9-14)10-7-11-23-17(24)15-16(19-13-21(15)2)22(3)18(23)25/h4-6,8-9,13H,7,10-12H2,1-3H3. The zero-order chi connectivity index (χ0) is 18.0. The first kappa shape index (κ1) is 17.2. The summed E-state index contributed by atoms with van der Waals surface area (Å²) in [7, 11) is 5.45. The molecule has 0 radical (unpaired) electrons. The smallest absolute Gasteiger partial charge is 0.328 e. The van der Waals surface area contributed by atoms with E-state index in [0.717, 1.165) is 19.5 Å². The second-order valence-electron chi connectivity index (χ2n) is 6.40. The number of rotatable bonds is 6. The molecule has 3 rings (SSSR count). The number of hydrogen-bond acceptors (Lipinski definition) is 4. The summed E-state index contributed by atoms with van der Waals surface area (Å²) in [6.07, 6.45) is 2.28. The molecule has 0 unspecified atom stereocenters. The van der Waals surface area contributed by atoms with E-state index in [1.807, 2.05) is 25.2 Å². The number of hydrogen-bond donors (Lipinski definition) is 0. The first-order valence-corrected chi connectivity index (χ1v) is 8.32. The Morgan fingerprint density at radius 2 is 1.84 bits per heavy atom. The third-order valence-corrected chi connectivity index (χ3v) is 4.42. The van der Waals surface area contributed by atoms with Crippen LogP contribution >= 0.6 is 0 Å². The fraction of sp³-hybridized carbons (Fsp3) is 0.389. The van der Waals surface area contributed by atoms with Gasteiger partial charge in [-0.25, -0.2) is 9.78 Å². The van der Waals surface area contributed by atoms with E-state index in [-0.39, 0.29) is 11.2 Å². The highest BCUT2D eigenvalue weighted by Gasteiger charge is 2.14. The van der Waals surface area contributed by atoms with Crippen LogP contribution in [0.3, 0.4) is 0 Å². The van der Waals surface area contributed by atoms with Crippen molar-refractivity contribution in [1.82, 2.24) is 23.6 Å². The molecule has 0 aliphatic carbocycles. The van der Waals surface area contributed by atoms with Crippen molar-refractivity contribution in [3.63, 3.8) is 0 Å². The number of aryl methyl sites for hydroxylation is 2. The average molecular weight is 341 g/mol. The van der Waals surface area contributed by atoms with E-state index in [1.54, 1.807) is 25.0 Å². The molecular formula is C18H23N5O2. The third kappa shape index (κ3) is 3.41. The molecule has 132 valence electrons. The lowest BCUT2D eigenvalue weighted by Crippen LogP contribution is -2.40. The Bertz CT molecular complexity index is 984. The SMILES string of the molecule is CN(CCCn1c(=O)c2c(ncn2C)n(C)c1=O)Cc1ccccc1. The average Bonchev–Trinajstić information content (AvgIpc) is 2.99. The molecule has 7 heteroatoms. The Balaban J connectivity index is 1.72. The van der Waals surface area contributed by atoms with Crippen LogP contribution in [0.1, 0.15) is 12.0 Å². The maximum Gasteiger partial charge on any atom is 0.332 e. The molecule has 7 nitrogen and oxygen atoms in total. The maximum absolute atomic E-state index is 12.6. The van der Waals surface area contributed by atoms with Crippen LogP contribution in [0.4, 0.5) is 0 Å². The summed E-state index contributed by atoms with van der Waals surface area (Å²) >= 11 is 0. The normalized spacial score (nSPS) is 11.5. The topological polar surface area (TPSA) is 65.1 Å². The third-order valence-electron chi connectivity index (χ3n) is 4.42. The van der Waals surface area contributed by atoms with Gasteiger partial charge in [-0.2, -0.15) is 0 Å². The summed E-state index contributed by atoms with van der Waals surface area (Å²) in [6.45, 7) is 2.04. The molecule has 0 spiro atoms. The van der Waals surface area contributed by atoms with Gasteiger partial charge in [0.1, 0.15) is 0 Å². The van der Waals surface area contributed by atoms with Crippen molar-refractivity contribution in [2.75, 3.05) is 13.6 Å². The monoisotopic (exact) mass is 341 g/mol. The van der Waals surface area contributed by atoms with E-state index in [1.165, 1.54) is 14.7 Å². The predicted octanol–water partition coefficient (Wildman–Crippen LogP) is 0.956. The Hall–Kier alpha value is -2.67. The Morgan fingerprint density at radius 3 is 2.56 bits per heavy atom. The van der Waals surface area contributed by atoms with Crippen molar-refractivity contribution < 1.29 is 0 Å². The molecule has 2 heterocycles. The first-order valence-electron chi connectivity index (χ1n) is 8.32. The van der Waals surface area contributed by atoms with Crippen LogP contribution in [0.2, 0.25) is 0 Å². The molecule has 0 saturated carbocycles. The van der Waals surface area contributed by atoms with Gasteiger partial charge in [-0.05, 0) is 25.6 Å². The number of nitrogens with zero attached hydrogens (tertiary/aromatic N) is 5. The highest BCUT2D eigenvalue weighted by molar-refractivity contribution is 5.69. The molecule has 0 aliphatic rings. The van der Waals surface area contributed by atoms with Gasteiger partial charge in [-0.3, -0.25) is 13.9 Å².